The molecule has 0 aromatic heterocycles. The molecule has 0 spiro atoms. The van der Waals surface area contributed by atoms with Crippen LogP contribution >= 0.6 is 0 Å². The summed E-state index contributed by atoms with van der Waals surface area (Å²) < 4.78 is 5.35. The molecule has 2 N–H and O–H groups in total. The molecule has 0 radical (unpaired) electrons. The van der Waals surface area contributed by atoms with Crippen molar-refractivity contribution in [2.75, 3.05) is 20.1 Å². The molecule has 1 amide bonds. The Bertz CT molecular complexity index is 511. The van der Waals surface area contributed by atoms with Crippen molar-refractivity contribution in [3.63, 3.8) is 0 Å². The van der Waals surface area contributed by atoms with E-state index in [4.69, 9.17) is 4.74 Å². The Kier molecular flexibility index (Phi) is 6.88. The van der Waals surface area contributed by atoms with E-state index in [0.717, 1.165) is 12.1 Å². The summed E-state index contributed by atoms with van der Waals surface area (Å²) in [6.45, 7) is 11.1. The molecule has 5 heteroatoms. The third-order valence-corrected chi connectivity index (χ3v) is 3.43. The molecule has 5 nitrogen and oxygen atoms in total. The van der Waals surface area contributed by atoms with Gasteiger partial charge in [0.1, 0.15) is 11.4 Å². The highest BCUT2D eigenvalue weighted by molar-refractivity contribution is 5.67. The number of rotatable bonds is 6. The Morgan fingerprint density at radius 1 is 1.35 bits per heavy atom. The molecule has 2 unspecified atom stereocenters. The fraction of sp³-hybridized carbons (Fsp3) is 0.611. The van der Waals surface area contributed by atoms with Crippen molar-refractivity contribution in [2.45, 2.75) is 46.3 Å². The third kappa shape index (κ3) is 7.37. The van der Waals surface area contributed by atoms with Gasteiger partial charge in [0.25, 0.3) is 0 Å². The van der Waals surface area contributed by atoms with Crippen molar-refractivity contribution < 1.29 is 14.6 Å². The number of phenols is 1. The van der Waals surface area contributed by atoms with Crippen LogP contribution in [0.2, 0.25) is 0 Å². The van der Waals surface area contributed by atoms with Crippen LogP contribution in [0.1, 0.15) is 46.2 Å². The Morgan fingerprint density at radius 2 is 2.00 bits per heavy atom. The number of carbonyl (C=O) groups excluding carboxylic acids is 1. The fourth-order valence-electron chi connectivity index (χ4n) is 2.24. The molecule has 0 heterocycles. The summed E-state index contributed by atoms with van der Waals surface area (Å²) in [6, 6.07) is 7.37. The normalized spacial score (nSPS) is 14.2. The monoisotopic (exact) mass is 322 g/mol. The number of phenolic OH excluding ortho intramolecular Hbond substituents is 1. The first-order chi connectivity index (χ1) is 10.6. The molecule has 1 aromatic rings. The quantitative estimate of drug-likeness (QED) is 0.841. The van der Waals surface area contributed by atoms with E-state index in [1.165, 1.54) is 0 Å². The Morgan fingerprint density at radius 3 is 2.57 bits per heavy atom. The van der Waals surface area contributed by atoms with Gasteiger partial charge in [-0.3, -0.25) is 0 Å². The number of ether oxygens (including phenoxy) is 1. The van der Waals surface area contributed by atoms with E-state index in [1.807, 2.05) is 32.9 Å². The van der Waals surface area contributed by atoms with E-state index in [0.29, 0.717) is 6.54 Å². The number of aromatic hydroxyl groups is 1. The average molecular weight is 322 g/mol. The molecule has 0 saturated heterocycles. The predicted octanol–water partition coefficient (Wildman–Crippen LogP) is 3.55. The van der Waals surface area contributed by atoms with Crippen LogP contribution in [-0.4, -0.2) is 41.8 Å². The summed E-state index contributed by atoms with van der Waals surface area (Å²) in [5.74, 6) is 0.557. The lowest BCUT2D eigenvalue weighted by molar-refractivity contribution is 0.0276. The van der Waals surface area contributed by atoms with Crippen molar-refractivity contribution >= 4 is 6.09 Å². The highest BCUT2D eigenvalue weighted by atomic mass is 16.6. The second-order valence-corrected chi connectivity index (χ2v) is 7.19. The van der Waals surface area contributed by atoms with Gasteiger partial charge in [-0.05, 0) is 57.9 Å². The SMILES string of the molecule is CC(CNC(C)c1cccc(O)c1)CN(C)C(=O)OC(C)(C)C. The molecule has 0 saturated carbocycles. The number of nitrogens with zero attached hydrogens (tertiary/aromatic N) is 1. The van der Waals surface area contributed by atoms with E-state index in [9.17, 15) is 9.90 Å². The smallest absolute Gasteiger partial charge is 0.410 e. The van der Waals surface area contributed by atoms with E-state index in [2.05, 4.69) is 19.2 Å². The van der Waals surface area contributed by atoms with Gasteiger partial charge in [-0.25, -0.2) is 4.79 Å². The van der Waals surface area contributed by atoms with Gasteiger partial charge >= 0.3 is 6.09 Å². The first-order valence-electron chi connectivity index (χ1n) is 8.05. The summed E-state index contributed by atoms with van der Waals surface area (Å²) in [5.41, 5.74) is 0.564. The maximum Gasteiger partial charge on any atom is 0.410 e. The van der Waals surface area contributed by atoms with Crippen molar-refractivity contribution in [2.24, 2.45) is 5.92 Å². The minimum atomic E-state index is -0.476. The molecule has 1 rings (SSSR count). The molecule has 130 valence electrons. The average Bonchev–Trinajstić information content (AvgIpc) is 2.42. The summed E-state index contributed by atoms with van der Waals surface area (Å²) >= 11 is 0. The number of nitrogens with one attached hydrogen (secondary N) is 1. The molecule has 0 aliphatic carbocycles. The van der Waals surface area contributed by atoms with Crippen LogP contribution in [0, 0.1) is 5.92 Å². The standard InChI is InChI=1S/C18H30N2O3/c1-13(12-20(6)17(22)23-18(3,4)5)11-19-14(2)15-8-7-9-16(21)10-15/h7-10,13-14,19,21H,11-12H2,1-6H3. The van der Waals surface area contributed by atoms with Crippen LogP contribution < -0.4 is 5.32 Å². The highest BCUT2D eigenvalue weighted by Gasteiger charge is 2.20. The number of hydrogen-bond donors (Lipinski definition) is 2. The largest absolute Gasteiger partial charge is 0.508 e. The van der Waals surface area contributed by atoms with Crippen molar-refractivity contribution in [3.05, 3.63) is 29.8 Å². The molecule has 23 heavy (non-hydrogen) atoms. The van der Waals surface area contributed by atoms with Crippen LogP contribution in [-0.2, 0) is 4.74 Å². The van der Waals surface area contributed by atoms with E-state index in [-0.39, 0.29) is 23.8 Å². The second-order valence-electron chi connectivity index (χ2n) is 7.19. The zero-order valence-corrected chi connectivity index (χ0v) is 15.1. The van der Waals surface area contributed by atoms with Crippen LogP contribution in [0.5, 0.6) is 5.75 Å². The minimum absolute atomic E-state index is 0.136. The first kappa shape index (κ1) is 19.3. The van der Waals surface area contributed by atoms with Gasteiger partial charge in [0.05, 0.1) is 0 Å². The molecule has 0 bridgehead atoms. The van der Waals surface area contributed by atoms with Gasteiger partial charge in [0.2, 0.25) is 0 Å². The van der Waals surface area contributed by atoms with Crippen molar-refractivity contribution in [1.29, 1.82) is 0 Å². The zero-order valence-electron chi connectivity index (χ0n) is 15.1. The zero-order chi connectivity index (χ0) is 17.6. The van der Waals surface area contributed by atoms with Gasteiger partial charge in [-0.15, -0.1) is 0 Å². The number of benzene rings is 1. The number of amides is 1. The van der Waals surface area contributed by atoms with Crippen LogP contribution in [0.15, 0.2) is 24.3 Å². The lowest BCUT2D eigenvalue weighted by Crippen LogP contribution is -2.38. The van der Waals surface area contributed by atoms with E-state index in [1.54, 1.807) is 24.1 Å². The molecular weight excluding hydrogens is 292 g/mol. The van der Waals surface area contributed by atoms with E-state index < -0.39 is 5.60 Å². The summed E-state index contributed by atoms with van der Waals surface area (Å²) in [4.78, 5) is 13.6. The van der Waals surface area contributed by atoms with Crippen molar-refractivity contribution in [1.82, 2.24) is 10.2 Å². The molecule has 0 aliphatic rings. The summed E-state index contributed by atoms with van der Waals surface area (Å²) in [7, 11) is 1.75. The topological polar surface area (TPSA) is 61.8 Å². The second kappa shape index (κ2) is 8.20. The summed E-state index contributed by atoms with van der Waals surface area (Å²) in [5, 5.41) is 13.0. The highest BCUT2D eigenvalue weighted by Crippen LogP contribution is 2.18. The Hall–Kier alpha value is -1.75. The van der Waals surface area contributed by atoms with E-state index >= 15 is 0 Å². The lowest BCUT2D eigenvalue weighted by Gasteiger charge is -2.27. The van der Waals surface area contributed by atoms with Gasteiger partial charge in [-0.2, -0.15) is 0 Å². The Labute approximate surface area is 139 Å². The minimum Gasteiger partial charge on any atom is -0.508 e. The number of hydrogen-bond acceptors (Lipinski definition) is 4. The van der Waals surface area contributed by atoms with Crippen molar-refractivity contribution in [3.8, 4) is 5.75 Å². The molecular formula is C18H30N2O3. The Balaban J connectivity index is 2.41. The molecule has 0 aliphatic heterocycles. The van der Waals surface area contributed by atoms with Gasteiger partial charge in [0, 0.05) is 19.6 Å². The van der Waals surface area contributed by atoms with Crippen LogP contribution in [0.25, 0.3) is 0 Å². The maximum absolute atomic E-state index is 11.9. The van der Waals surface area contributed by atoms with Crippen LogP contribution in [0.4, 0.5) is 4.79 Å². The fourth-order valence-corrected chi connectivity index (χ4v) is 2.24. The third-order valence-electron chi connectivity index (χ3n) is 3.43. The molecule has 2 atom stereocenters. The lowest BCUT2D eigenvalue weighted by atomic mass is 10.1. The number of carbonyl (C=O) groups is 1. The van der Waals surface area contributed by atoms with Gasteiger partial charge in [0.15, 0.2) is 0 Å². The van der Waals surface area contributed by atoms with Gasteiger partial charge < -0.3 is 20.1 Å². The molecule has 1 aromatic carbocycles. The first-order valence-corrected chi connectivity index (χ1v) is 8.05. The van der Waals surface area contributed by atoms with Crippen LogP contribution in [0.3, 0.4) is 0 Å². The van der Waals surface area contributed by atoms with Gasteiger partial charge in [-0.1, -0.05) is 19.1 Å². The maximum atomic E-state index is 11.9. The predicted molar refractivity (Wildman–Crippen MR) is 92.6 cm³/mol. The molecule has 0 fully saturated rings. The summed E-state index contributed by atoms with van der Waals surface area (Å²) in [6.07, 6.45) is -0.301.